The lowest BCUT2D eigenvalue weighted by atomic mass is 10.1. The van der Waals surface area contributed by atoms with Gasteiger partial charge in [0.15, 0.2) is 0 Å². The van der Waals surface area contributed by atoms with Crippen molar-refractivity contribution in [1.82, 2.24) is 19.9 Å². The number of pyridine rings is 1. The monoisotopic (exact) mass is 288 g/mol. The van der Waals surface area contributed by atoms with Gasteiger partial charge in [0.25, 0.3) is 0 Å². The average Bonchev–Trinajstić information content (AvgIpc) is 2.85. The van der Waals surface area contributed by atoms with Crippen molar-refractivity contribution in [2.45, 2.75) is 39.3 Å². The SMILES string of the molecule is CCCNC(c1cncc(OC(C)C)c1)c1nccn1C. The van der Waals surface area contributed by atoms with Crippen LogP contribution in [-0.4, -0.2) is 27.2 Å². The van der Waals surface area contributed by atoms with Crippen LogP contribution in [0.5, 0.6) is 5.75 Å². The summed E-state index contributed by atoms with van der Waals surface area (Å²) in [6, 6.07) is 2.06. The summed E-state index contributed by atoms with van der Waals surface area (Å²) >= 11 is 0. The lowest BCUT2D eigenvalue weighted by Crippen LogP contribution is -2.26. The maximum Gasteiger partial charge on any atom is 0.138 e. The first kappa shape index (κ1) is 15.5. The van der Waals surface area contributed by atoms with E-state index in [0.717, 1.165) is 30.1 Å². The van der Waals surface area contributed by atoms with Gasteiger partial charge in [-0.05, 0) is 38.4 Å². The summed E-state index contributed by atoms with van der Waals surface area (Å²) in [6.07, 6.45) is 8.59. The van der Waals surface area contributed by atoms with Crippen LogP contribution in [0.1, 0.15) is 44.6 Å². The minimum Gasteiger partial charge on any atom is -0.489 e. The predicted octanol–water partition coefficient (Wildman–Crippen LogP) is 2.69. The summed E-state index contributed by atoms with van der Waals surface area (Å²) in [7, 11) is 2.00. The Bertz CT molecular complexity index is 565. The van der Waals surface area contributed by atoms with Crippen LogP contribution in [0.25, 0.3) is 0 Å². The Morgan fingerprint density at radius 3 is 2.76 bits per heavy atom. The van der Waals surface area contributed by atoms with Crippen LogP contribution in [-0.2, 0) is 7.05 Å². The highest BCUT2D eigenvalue weighted by atomic mass is 16.5. The molecule has 1 N–H and O–H groups in total. The molecule has 2 aromatic rings. The molecule has 0 aliphatic carbocycles. The fourth-order valence-electron chi connectivity index (χ4n) is 2.23. The number of nitrogens with zero attached hydrogens (tertiary/aromatic N) is 3. The van der Waals surface area contributed by atoms with Gasteiger partial charge in [-0.15, -0.1) is 0 Å². The number of aryl methyl sites for hydroxylation is 1. The van der Waals surface area contributed by atoms with E-state index in [1.54, 1.807) is 6.20 Å². The molecule has 0 aliphatic rings. The molecule has 0 amide bonds. The second kappa shape index (κ2) is 7.22. The molecule has 0 saturated heterocycles. The first-order valence-electron chi connectivity index (χ1n) is 7.44. The molecule has 0 radical (unpaired) electrons. The Labute approximate surface area is 126 Å². The lowest BCUT2D eigenvalue weighted by Gasteiger charge is -2.19. The van der Waals surface area contributed by atoms with E-state index in [0.29, 0.717) is 0 Å². The van der Waals surface area contributed by atoms with Crippen LogP contribution in [0.15, 0.2) is 30.9 Å². The molecule has 1 unspecified atom stereocenters. The van der Waals surface area contributed by atoms with Gasteiger partial charge in [-0.25, -0.2) is 4.98 Å². The first-order chi connectivity index (χ1) is 10.1. The molecular formula is C16H24N4O. The molecule has 0 aliphatic heterocycles. The molecule has 5 nitrogen and oxygen atoms in total. The number of ether oxygens (including phenoxy) is 1. The third-order valence-electron chi connectivity index (χ3n) is 3.15. The smallest absolute Gasteiger partial charge is 0.138 e. The van der Waals surface area contributed by atoms with Crippen LogP contribution in [0.4, 0.5) is 0 Å². The van der Waals surface area contributed by atoms with Crippen molar-refractivity contribution in [1.29, 1.82) is 0 Å². The van der Waals surface area contributed by atoms with E-state index >= 15 is 0 Å². The largest absolute Gasteiger partial charge is 0.489 e. The van der Waals surface area contributed by atoms with Crippen molar-refractivity contribution in [3.63, 3.8) is 0 Å². The Morgan fingerprint density at radius 1 is 1.33 bits per heavy atom. The van der Waals surface area contributed by atoms with Gasteiger partial charge in [0.05, 0.1) is 18.3 Å². The maximum atomic E-state index is 5.74. The van der Waals surface area contributed by atoms with E-state index in [9.17, 15) is 0 Å². The second-order valence-electron chi connectivity index (χ2n) is 5.40. The molecule has 0 aromatic carbocycles. The van der Waals surface area contributed by atoms with Crippen LogP contribution in [0.2, 0.25) is 0 Å². The van der Waals surface area contributed by atoms with E-state index in [-0.39, 0.29) is 12.1 Å². The summed E-state index contributed by atoms with van der Waals surface area (Å²) in [4.78, 5) is 8.77. The molecule has 0 bridgehead atoms. The molecule has 114 valence electrons. The lowest BCUT2D eigenvalue weighted by molar-refractivity contribution is 0.241. The van der Waals surface area contributed by atoms with Crippen molar-refractivity contribution in [3.8, 4) is 5.75 Å². The average molecular weight is 288 g/mol. The van der Waals surface area contributed by atoms with Crippen molar-refractivity contribution in [2.75, 3.05) is 6.54 Å². The molecule has 2 aromatic heterocycles. The van der Waals surface area contributed by atoms with E-state index < -0.39 is 0 Å². The Hall–Kier alpha value is -1.88. The highest BCUT2D eigenvalue weighted by Gasteiger charge is 2.18. The van der Waals surface area contributed by atoms with Crippen LogP contribution < -0.4 is 10.1 Å². The molecule has 0 saturated carbocycles. The van der Waals surface area contributed by atoms with E-state index in [2.05, 4.69) is 22.2 Å². The molecule has 2 heterocycles. The van der Waals surface area contributed by atoms with Crippen LogP contribution in [0, 0.1) is 0 Å². The maximum absolute atomic E-state index is 5.74. The Morgan fingerprint density at radius 2 is 2.14 bits per heavy atom. The third kappa shape index (κ3) is 4.04. The standard InChI is InChI=1S/C16H24N4O/c1-5-6-18-15(16-19-7-8-20(16)4)13-9-14(11-17-10-13)21-12(2)3/h7-12,15,18H,5-6H2,1-4H3. The number of imidazole rings is 1. The second-order valence-corrected chi connectivity index (χ2v) is 5.40. The quantitative estimate of drug-likeness (QED) is 0.851. The Balaban J connectivity index is 2.30. The van der Waals surface area contributed by atoms with E-state index in [4.69, 9.17) is 4.74 Å². The van der Waals surface area contributed by atoms with E-state index in [1.165, 1.54) is 0 Å². The summed E-state index contributed by atoms with van der Waals surface area (Å²) in [5, 5.41) is 3.53. The minimum absolute atomic E-state index is 0.0214. The van der Waals surface area contributed by atoms with Crippen LogP contribution >= 0.6 is 0 Å². The van der Waals surface area contributed by atoms with Crippen LogP contribution in [0.3, 0.4) is 0 Å². The zero-order valence-electron chi connectivity index (χ0n) is 13.2. The fourth-order valence-corrected chi connectivity index (χ4v) is 2.23. The van der Waals surface area contributed by atoms with Gasteiger partial charge in [0, 0.05) is 25.6 Å². The Kier molecular flexibility index (Phi) is 5.33. The van der Waals surface area contributed by atoms with Gasteiger partial charge in [-0.3, -0.25) is 4.98 Å². The van der Waals surface area contributed by atoms with Crippen molar-refractivity contribution in [2.24, 2.45) is 7.05 Å². The number of rotatable bonds is 7. The zero-order chi connectivity index (χ0) is 15.2. The topological polar surface area (TPSA) is 52.0 Å². The predicted molar refractivity (Wildman–Crippen MR) is 83.3 cm³/mol. The summed E-state index contributed by atoms with van der Waals surface area (Å²) in [5.41, 5.74) is 1.07. The molecule has 2 rings (SSSR count). The highest BCUT2D eigenvalue weighted by Crippen LogP contribution is 2.23. The van der Waals surface area contributed by atoms with Crippen molar-refractivity contribution < 1.29 is 4.74 Å². The highest BCUT2D eigenvalue weighted by molar-refractivity contribution is 5.30. The van der Waals surface area contributed by atoms with Crippen molar-refractivity contribution >= 4 is 0 Å². The fraction of sp³-hybridized carbons (Fsp3) is 0.500. The van der Waals surface area contributed by atoms with Crippen molar-refractivity contribution in [3.05, 3.63) is 42.2 Å². The van der Waals surface area contributed by atoms with Gasteiger partial charge in [0.1, 0.15) is 11.6 Å². The van der Waals surface area contributed by atoms with Gasteiger partial charge < -0.3 is 14.6 Å². The normalized spacial score (nSPS) is 12.6. The number of nitrogens with one attached hydrogen (secondary N) is 1. The van der Waals surface area contributed by atoms with E-state index in [1.807, 2.05) is 50.1 Å². The van der Waals surface area contributed by atoms with Gasteiger partial charge in [-0.2, -0.15) is 0 Å². The third-order valence-corrected chi connectivity index (χ3v) is 3.15. The molecule has 0 fully saturated rings. The van der Waals surface area contributed by atoms with Gasteiger partial charge in [0.2, 0.25) is 0 Å². The summed E-state index contributed by atoms with van der Waals surface area (Å²) in [6.45, 7) is 7.10. The molecular weight excluding hydrogens is 264 g/mol. The minimum atomic E-state index is 0.0214. The zero-order valence-corrected chi connectivity index (χ0v) is 13.2. The molecule has 0 spiro atoms. The molecule has 21 heavy (non-hydrogen) atoms. The number of hydrogen-bond donors (Lipinski definition) is 1. The summed E-state index contributed by atoms with van der Waals surface area (Å²) < 4.78 is 7.77. The van der Waals surface area contributed by atoms with Gasteiger partial charge >= 0.3 is 0 Å². The molecule has 5 heteroatoms. The molecule has 1 atom stereocenters. The number of aromatic nitrogens is 3. The number of hydrogen-bond acceptors (Lipinski definition) is 4. The first-order valence-corrected chi connectivity index (χ1v) is 7.44. The van der Waals surface area contributed by atoms with Gasteiger partial charge in [-0.1, -0.05) is 6.92 Å². The summed E-state index contributed by atoms with van der Waals surface area (Å²) in [5.74, 6) is 1.77.